The quantitative estimate of drug-likeness (QED) is 0.529. The standard InChI is InChI=1S/C15H22N4O2/c1-10-6-13(10)19-15(17-2)18-8-11-4-3-5-12(7-11)21-9-14(16)20/h3-5,7,10,13H,6,8-9H2,1-2H3,(H2,16,20)(H2,17,18,19). The van der Waals surface area contributed by atoms with Gasteiger partial charge in [-0.05, 0) is 30.0 Å². The Balaban J connectivity index is 1.84. The number of primary amides is 1. The van der Waals surface area contributed by atoms with Crippen molar-refractivity contribution < 1.29 is 9.53 Å². The predicted octanol–water partition coefficient (Wildman–Crippen LogP) is 0.624. The van der Waals surface area contributed by atoms with E-state index < -0.39 is 5.91 Å². The van der Waals surface area contributed by atoms with Crippen LogP contribution in [0.1, 0.15) is 18.9 Å². The zero-order valence-electron chi connectivity index (χ0n) is 12.4. The molecule has 0 saturated heterocycles. The minimum absolute atomic E-state index is 0.111. The van der Waals surface area contributed by atoms with Gasteiger partial charge in [-0.2, -0.15) is 0 Å². The summed E-state index contributed by atoms with van der Waals surface area (Å²) in [6, 6.07) is 8.07. The average Bonchev–Trinajstić information content (AvgIpc) is 3.17. The van der Waals surface area contributed by atoms with E-state index in [1.807, 2.05) is 18.2 Å². The van der Waals surface area contributed by atoms with Crippen molar-refractivity contribution in [1.82, 2.24) is 10.6 Å². The number of hydrogen-bond donors (Lipinski definition) is 3. The van der Waals surface area contributed by atoms with Gasteiger partial charge in [-0.1, -0.05) is 19.1 Å². The Morgan fingerprint density at radius 2 is 2.29 bits per heavy atom. The lowest BCUT2D eigenvalue weighted by atomic mass is 10.2. The molecule has 6 nitrogen and oxygen atoms in total. The number of guanidine groups is 1. The van der Waals surface area contributed by atoms with E-state index in [1.54, 1.807) is 13.1 Å². The van der Waals surface area contributed by atoms with Crippen LogP contribution in [0.15, 0.2) is 29.3 Å². The van der Waals surface area contributed by atoms with Crippen molar-refractivity contribution in [2.24, 2.45) is 16.6 Å². The molecule has 4 N–H and O–H groups in total. The first kappa shape index (κ1) is 15.2. The van der Waals surface area contributed by atoms with Gasteiger partial charge in [0.15, 0.2) is 12.6 Å². The van der Waals surface area contributed by atoms with E-state index in [-0.39, 0.29) is 6.61 Å². The fourth-order valence-corrected chi connectivity index (χ4v) is 1.98. The number of nitrogens with zero attached hydrogens (tertiary/aromatic N) is 1. The van der Waals surface area contributed by atoms with Crippen molar-refractivity contribution in [3.05, 3.63) is 29.8 Å². The first-order valence-corrected chi connectivity index (χ1v) is 7.05. The summed E-state index contributed by atoms with van der Waals surface area (Å²) in [6.45, 7) is 2.73. The van der Waals surface area contributed by atoms with Crippen LogP contribution in [0.4, 0.5) is 0 Å². The molecule has 1 saturated carbocycles. The van der Waals surface area contributed by atoms with Gasteiger partial charge >= 0.3 is 0 Å². The summed E-state index contributed by atoms with van der Waals surface area (Å²) in [5.74, 6) is 1.66. The number of nitrogens with two attached hydrogens (primary N) is 1. The molecule has 6 heteroatoms. The normalized spacial score (nSPS) is 20.8. The number of rotatable bonds is 6. The Hall–Kier alpha value is -2.24. The Bertz CT molecular complexity index is 530. The van der Waals surface area contributed by atoms with Crippen LogP contribution < -0.4 is 21.1 Å². The van der Waals surface area contributed by atoms with Gasteiger partial charge in [0.2, 0.25) is 0 Å². The highest BCUT2D eigenvalue weighted by molar-refractivity contribution is 5.80. The highest BCUT2D eigenvalue weighted by Gasteiger charge is 2.33. The van der Waals surface area contributed by atoms with Crippen LogP contribution >= 0.6 is 0 Å². The molecular weight excluding hydrogens is 268 g/mol. The smallest absolute Gasteiger partial charge is 0.255 e. The molecule has 0 heterocycles. The minimum atomic E-state index is -0.485. The fraction of sp³-hybridized carbons (Fsp3) is 0.467. The van der Waals surface area contributed by atoms with Crippen molar-refractivity contribution in [1.29, 1.82) is 0 Å². The lowest BCUT2D eigenvalue weighted by Crippen LogP contribution is -2.38. The van der Waals surface area contributed by atoms with Gasteiger partial charge in [0, 0.05) is 19.6 Å². The van der Waals surface area contributed by atoms with Gasteiger partial charge < -0.3 is 21.1 Å². The number of benzene rings is 1. The van der Waals surface area contributed by atoms with Crippen LogP contribution in [0.25, 0.3) is 0 Å². The molecule has 2 atom stereocenters. The van der Waals surface area contributed by atoms with Gasteiger partial charge in [0.25, 0.3) is 5.91 Å². The molecule has 0 aromatic heterocycles. The summed E-state index contributed by atoms with van der Waals surface area (Å²) in [6.07, 6.45) is 1.19. The number of hydrogen-bond acceptors (Lipinski definition) is 3. The van der Waals surface area contributed by atoms with E-state index in [4.69, 9.17) is 10.5 Å². The number of ether oxygens (including phenoxy) is 1. The molecule has 1 fully saturated rings. The van der Waals surface area contributed by atoms with Gasteiger partial charge in [0.1, 0.15) is 5.75 Å². The van der Waals surface area contributed by atoms with Crippen LogP contribution in [0.5, 0.6) is 5.75 Å². The summed E-state index contributed by atoms with van der Waals surface area (Å²) in [7, 11) is 1.76. The highest BCUT2D eigenvalue weighted by atomic mass is 16.5. The molecule has 0 bridgehead atoms. The molecule has 1 aromatic carbocycles. The van der Waals surface area contributed by atoms with E-state index >= 15 is 0 Å². The predicted molar refractivity (Wildman–Crippen MR) is 82.0 cm³/mol. The maximum Gasteiger partial charge on any atom is 0.255 e. The Morgan fingerprint density at radius 1 is 1.52 bits per heavy atom. The molecule has 1 aromatic rings. The molecular formula is C15H22N4O2. The zero-order valence-corrected chi connectivity index (χ0v) is 12.4. The Labute approximate surface area is 124 Å². The SMILES string of the molecule is CN=C(NCc1cccc(OCC(N)=O)c1)NC1CC1C. The summed E-state index contributed by atoms with van der Waals surface area (Å²) in [4.78, 5) is 14.9. The van der Waals surface area contributed by atoms with Crippen molar-refractivity contribution in [3.63, 3.8) is 0 Å². The van der Waals surface area contributed by atoms with E-state index in [1.165, 1.54) is 6.42 Å². The topological polar surface area (TPSA) is 88.7 Å². The first-order valence-electron chi connectivity index (χ1n) is 7.05. The maximum absolute atomic E-state index is 10.7. The van der Waals surface area contributed by atoms with Crippen molar-refractivity contribution in [2.45, 2.75) is 25.9 Å². The zero-order chi connectivity index (χ0) is 15.2. The molecule has 2 unspecified atom stereocenters. The molecule has 21 heavy (non-hydrogen) atoms. The third kappa shape index (κ3) is 4.98. The van der Waals surface area contributed by atoms with Gasteiger partial charge in [-0.3, -0.25) is 9.79 Å². The second-order valence-electron chi connectivity index (χ2n) is 5.29. The number of nitrogens with one attached hydrogen (secondary N) is 2. The Morgan fingerprint density at radius 3 is 2.90 bits per heavy atom. The second-order valence-corrected chi connectivity index (χ2v) is 5.29. The largest absolute Gasteiger partial charge is 0.484 e. The van der Waals surface area contributed by atoms with E-state index in [9.17, 15) is 4.79 Å². The molecule has 0 spiro atoms. The second kappa shape index (κ2) is 6.97. The maximum atomic E-state index is 10.7. The van der Waals surface area contributed by atoms with Crippen molar-refractivity contribution in [3.8, 4) is 5.75 Å². The Kier molecular flexibility index (Phi) is 5.03. The molecule has 1 amide bonds. The van der Waals surface area contributed by atoms with Crippen LogP contribution in [0.2, 0.25) is 0 Å². The van der Waals surface area contributed by atoms with Gasteiger partial charge in [0.05, 0.1) is 0 Å². The monoisotopic (exact) mass is 290 g/mol. The molecule has 1 aliphatic rings. The lowest BCUT2D eigenvalue weighted by molar-refractivity contribution is -0.119. The summed E-state index contributed by atoms with van der Waals surface area (Å²) >= 11 is 0. The number of aliphatic imine (C=N–C) groups is 1. The summed E-state index contributed by atoms with van der Waals surface area (Å²) < 4.78 is 5.28. The average molecular weight is 290 g/mol. The molecule has 0 aliphatic heterocycles. The van der Waals surface area contributed by atoms with Crippen LogP contribution in [-0.4, -0.2) is 31.6 Å². The molecule has 1 aliphatic carbocycles. The molecule has 0 radical (unpaired) electrons. The summed E-state index contributed by atoms with van der Waals surface area (Å²) in [5, 5.41) is 6.62. The van der Waals surface area contributed by atoms with Crippen molar-refractivity contribution in [2.75, 3.05) is 13.7 Å². The number of carbonyl (C=O) groups excluding carboxylic acids is 1. The fourth-order valence-electron chi connectivity index (χ4n) is 1.98. The van der Waals surface area contributed by atoms with Crippen LogP contribution in [-0.2, 0) is 11.3 Å². The van der Waals surface area contributed by atoms with Gasteiger partial charge in [-0.25, -0.2) is 0 Å². The van der Waals surface area contributed by atoms with E-state index in [0.717, 1.165) is 11.5 Å². The number of carbonyl (C=O) groups is 1. The van der Waals surface area contributed by atoms with Crippen LogP contribution in [0.3, 0.4) is 0 Å². The van der Waals surface area contributed by atoms with E-state index in [0.29, 0.717) is 24.3 Å². The minimum Gasteiger partial charge on any atom is -0.484 e. The summed E-state index contributed by atoms with van der Waals surface area (Å²) in [5.41, 5.74) is 6.10. The third-order valence-electron chi connectivity index (χ3n) is 3.39. The van der Waals surface area contributed by atoms with Gasteiger partial charge in [-0.15, -0.1) is 0 Å². The third-order valence-corrected chi connectivity index (χ3v) is 3.39. The van der Waals surface area contributed by atoms with Crippen molar-refractivity contribution >= 4 is 11.9 Å². The first-order chi connectivity index (χ1) is 10.1. The number of amides is 1. The molecule has 2 rings (SSSR count). The van der Waals surface area contributed by atoms with E-state index in [2.05, 4.69) is 22.5 Å². The lowest BCUT2D eigenvalue weighted by Gasteiger charge is -2.12. The van der Waals surface area contributed by atoms with Crippen LogP contribution in [0, 0.1) is 5.92 Å². The highest BCUT2D eigenvalue weighted by Crippen LogP contribution is 2.28. The molecule has 114 valence electrons.